The van der Waals surface area contributed by atoms with E-state index >= 15 is 0 Å². The molecule has 0 spiro atoms. The standard InChI is InChI=1S/C16H13Cl2FN6O3/c17-12-2-1-3-14(19)11(12)8-24-9-13(18)16(22-24)21-15(26)4-5-23-7-10(6-20-23)25(27)28/h1-3,6-7,9H,4-5,8H2,(H,21,22,26). The molecule has 146 valence electrons. The lowest BCUT2D eigenvalue weighted by Gasteiger charge is -2.06. The zero-order valence-corrected chi connectivity index (χ0v) is 15.7. The zero-order valence-electron chi connectivity index (χ0n) is 14.2. The van der Waals surface area contributed by atoms with Crippen LogP contribution in [-0.2, 0) is 17.9 Å². The Hall–Kier alpha value is -2.98. The van der Waals surface area contributed by atoms with Gasteiger partial charge in [-0.05, 0) is 12.1 Å². The lowest BCUT2D eigenvalue weighted by molar-refractivity contribution is -0.385. The molecule has 0 aliphatic carbocycles. The fraction of sp³-hybridized carbons (Fsp3) is 0.188. The summed E-state index contributed by atoms with van der Waals surface area (Å²) in [7, 11) is 0. The second-order valence-electron chi connectivity index (χ2n) is 5.74. The van der Waals surface area contributed by atoms with Crippen molar-refractivity contribution in [3.05, 3.63) is 68.3 Å². The smallest absolute Gasteiger partial charge is 0.306 e. The van der Waals surface area contributed by atoms with E-state index in [1.54, 1.807) is 6.07 Å². The van der Waals surface area contributed by atoms with Crippen LogP contribution in [0.1, 0.15) is 12.0 Å². The fourth-order valence-corrected chi connectivity index (χ4v) is 2.81. The van der Waals surface area contributed by atoms with E-state index in [0.29, 0.717) is 0 Å². The summed E-state index contributed by atoms with van der Waals surface area (Å²) >= 11 is 12.1. The summed E-state index contributed by atoms with van der Waals surface area (Å²) in [6, 6.07) is 4.35. The number of nitrogens with one attached hydrogen (secondary N) is 1. The topological polar surface area (TPSA) is 108 Å². The number of carbonyl (C=O) groups excluding carboxylic acids is 1. The molecule has 0 radical (unpaired) electrons. The third-order valence-corrected chi connectivity index (χ3v) is 4.39. The van der Waals surface area contributed by atoms with Crippen molar-refractivity contribution in [1.29, 1.82) is 0 Å². The van der Waals surface area contributed by atoms with Gasteiger partial charge in [0.1, 0.15) is 23.2 Å². The normalized spacial score (nSPS) is 10.8. The summed E-state index contributed by atoms with van der Waals surface area (Å²) in [6.45, 7) is 0.181. The number of rotatable bonds is 7. The van der Waals surface area contributed by atoms with Gasteiger partial charge in [0.05, 0.1) is 11.5 Å². The molecule has 0 atom stereocenters. The van der Waals surface area contributed by atoms with E-state index in [0.717, 1.165) is 6.20 Å². The van der Waals surface area contributed by atoms with Crippen LogP contribution in [0.15, 0.2) is 36.8 Å². The third-order valence-electron chi connectivity index (χ3n) is 3.76. The Labute approximate surface area is 167 Å². The number of halogens is 3. The molecule has 0 saturated heterocycles. The number of anilines is 1. The first kappa shape index (κ1) is 19.8. The number of benzene rings is 1. The van der Waals surface area contributed by atoms with Crippen LogP contribution in [0.3, 0.4) is 0 Å². The Morgan fingerprint density at radius 3 is 2.71 bits per heavy atom. The average molecular weight is 427 g/mol. The van der Waals surface area contributed by atoms with Crippen LogP contribution in [-0.4, -0.2) is 30.4 Å². The van der Waals surface area contributed by atoms with Crippen LogP contribution < -0.4 is 5.32 Å². The number of aromatic nitrogens is 4. The quantitative estimate of drug-likeness (QED) is 0.459. The van der Waals surface area contributed by atoms with Crippen molar-refractivity contribution in [2.45, 2.75) is 19.5 Å². The van der Waals surface area contributed by atoms with Crippen molar-refractivity contribution in [2.75, 3.05) is 5.32 Å². The molecular formula is C16H13Cl2FN6O3. The second kappa shape index (κ2) is 8.36. The van der Waals surface area contributed by atoms with Crippen molar-refractivity contribution >= 4 is 40.6 Å². The number of carbonyl (C=O) groups is 1. The van der Waals surface area contributed by atoms with E-state index < -0.39 is 16.6 Å². The van der Waals surface area contributed by atoms with Gasteiger partial charge in [0.15, 0.2) is 5.82 Å². The Morgan fingerprint density at radius 1 is 1.25 bits per heavy atom. The van der Waals surface area contributed by atoms with Gasteiger partial charge >= 0.3 is 5.69 Å². The monoisotopic (exact) mass is 426 g/mol. The molecule has 12 heteroatoms. The Balaban J connectivity index is 1.61. The molecule has 1 amide bonds. The maximum absolute atomic E-state index is 13.9. The van der Waals surface area contributed by atoms with Crippen molar-refractivity contribution < 1.29 is 14.1 Å². The molecule has 3 rings (SSSR count). The highest BCUT2D eigenvalue weighted by Gasteiger charge is 2.14. The van der Waals surface area contributed by atoms with Crippen molar-refractivity contribution in [1.82, 2.24) is 19.6 Å². The lowest BCUT2D eigenvalue weighted by atomic mass is 10.2. The highest BCUT2D eigenvalue weighted by atomic mass is 35.5. The first-order chi connectivity index (χ1) is 13.3. The fourth-order valence-electron chi connectivity index (χ4n) is 2.39. The van der Waals surface area contributed by atoms with Gasteiger partial charge in [-0.25, -0.2) is 4.39 Å². The SMILES string of the molecule is O=C(CCn1cc([N+](=O)[O-])cn1)Nc1nn(Cc2c(F)cccc2Cl)cc1Cl. The highest BCUT2D eigenvalue weighted by Crippen LogP contribution is 2.23. The first-order valence-corrected chi connectivity index (χ1v) is 8.71. The van der Waals surface area contributed by atoms with Gasteiger partial charge in [0.25, 0.3) is 0 Å². The average Bonchev–Trinajstić information content (AvgIpc) is 3.24. The first-order valence-electron chi connectivity index (χ1n) is 7.96. The summed E-state index contributed by atoms with van der Waals surface area (Å²) in [4.78, 5) is 22.1. The second-order valence-corrected chi connectivity index (χ2v) is 6.55. The summed E-state index contributed by atoms with van der Waals surface area (Å²) in [5.41, 5.74) is 0.0930. The maximum Gasteiger partial charge on any atom is 0.306 e. The molecule has 28 heavy (non-hydrogen) atoms. The molecule has 1 N–H and O–H groups in total. The van der Waals surface area contributed by atoms with E-state index in [4.69, 9.17) is 23.2 Å². The minimum atomic E-state index is -0.572. The molecule has 2 aromatic heterocycles. The van der Waals surface area contributed by atoms with Crippen LogP contribution in [0.5, 0.6) is 0 Å². The Bertz CT molecular complexity index is 1020. The minimum Gasteiger partial charge on any atom is -0.308 e. The number of aryl methyl sites for hydroxylation is 1. The van der Waals surface area contributed by atoms with Crippen LogP contribution in [0.4, 0.5) is 15.9 Å². The highest BCUT2D eigenvalue weighted by molar-refractivity contribution is 6.33. The summed E-state index contributed by atoms with van der Waals surface area (Å²) in [5, 5.41) is 21.5. The van der Waals surface area contributed by atoms with Crippen LogP contribution in [0, 0.1) is 15.9 Å². The van der Waals surface area contributed by atoms with E-state index in [1.807, 2.05) is 0 Å². The van der Waals surface area contributed by atoms with Gasteiger partial charge in [-0.2, -0.15) is 10.2 Å². The van der Waals surface area contributed by atoms with Gasteiger partial charge in [-0.1, -0.05) is 29.3 Å². The maximum atomic E-state index is 13.9. The molecule has 2 heterocycles. The van der Waals surface area contributed by atoms with E-state index in [-0.39, 0.29) is 46.6 Å². The molecular weight excluding hydrogens is 414 g/mol. The summed E-state index contributed by atoms with van der Waals surface area (Å²) < 4.78 is 16.5. The van der Waals surface area contributed by atoms with Gasteiger partial charge in [0.2, 0.25) is 5.91 Å². The molecule has 0 saturated carbocycles. The number of hydrogen-bond acceptors (Lipinski definition) is 5. The Morgan fingerprint density at radius 2 is 2.04 bits per heavy atom. The number of amides is 1. The largest absolute Gasteiger partial charge is 0.308 e. The van der Waals surface area contributed by atoms with Gasteiger partial charge < -0.3 is 5.32 Å². The van der Waals surface area contributed by atoms with Gasteiger partial charge in [-0.15, -0.1) is 0 Å². The zero-order chi connectivity index (χ0) is 20.3. The molecule has 0 aliphatic heterocycles. The minimum absolute atomic E-state index is 0.00116. The molecule has 0 unspecified atom stereocenters. The van der Waals surface area contributed by atoms with Crippen LogP contribution in [0.2, 0.25) is 10.0 Å². The molecule has 0 bridgehead atoms. The predicted molar refractivity (Wildman–Crippen MR) is 99.9 cm³/mol. The number of nitro groups is 1. The predicted octanol–water partition coefficient (Wildman–Crippen LogP) is 3.51. The van der Waals surface area contributed by atoms with E-state index in [9.17, 15) is 19.3 Å². The van der Waals surface area contributed by atoms with E-state index in [1.165, 1.54) is 33.9 Å². The summed E-state index contributed by atoms with van der Waals surface area (Å²) in [5.74, 6) is -0.766. The van der Waals surface area contributed by atoms with E-state index in [2.05, 4.69) is 15.5 Å². The lowest BCUT2D eigenvalue weighted by Crippen LogP contribution is -2.15. The molecule has 0 aliphatic rings. The van der Waals surface area contributed by atoms with Crippen LogP contribution in [0.25, 0.3) is 0 Å². The van der Waals surface area contributed by atoms with Gasteiger partial charge in [0, 0.05) is 29.7 Å². The third kappa shape index (κ3) is 4.65. The van der Waals surface area contributed by atoms with Crippen molar-refractivity contribution in [3.8, 4) is 0 Å². The number of hydrogen-bond donors (Lipinski definition) is 1. The van der Waals surface area contributed by atoms with Gasteiger partial charge in [-0.3, -0.25) is 24.3 Å². The molecule has 3 aromatic rings. The summed E-state index contributed by atoms with van der Waals surface area (Å²) in [6.07, 6.45) is 3.77. The van der Waals surface area contributed by atoms with Crippen LogP contribution >= 0.6 is 23.2 Å². The molecule has 9 nitrogen and oxygen atoms in total. The number of nitrogens with zero attached hydrogens (tertiary/aromatic N) is 5. The van der Waals surface area contributed by atoms with Crippen molar-refractivity contribution in [3.63, 3.8) is 0 Å². The van der Waals surface area contributed by atoms with Crippen molar-refractivity contribution in [2.24, 2.45) is 0 Å². The molecule has 1 aromatic carbocycles. The Kier molecular flexibility index (Phi) is 5.90. The molecule has 0 fully saturated rings.